The van der Waals surface area contributed by atoms with Crippen molar-refractivity contribution >= 4 is 81.3 Å². The van der Waals surface area contributed by atoms with Crippen LogP contribution in [-0.2, 0) is 0 Å². The van der Waals surface area contributed by atoms with E-state index < -0.39 is 0 Å². The summed E-state index contributed by atoms with van der Waals surface area (Å²) in [7, 11) is 0. The van der Waals surface area contributed by atoms with E-state index in [0.29, 0.717) is 0 Å². The van der Waals surface area contributed by atoms with Gasteiger partial charge in [-0.1, -0.05) is 127 Å². The minimum atomic E-state index is 0.901. The third kappa shape index (κ3) is 4.55. The van der Waals surface area contributed by atoms with Gasteiger partial charge in [-0.3, -0.25) is 0 Å². The maximum Gasteiger partial charge on any atom is 0.135 e. The van der Waals surface area contributed by atoms with Gasteiger partial charge in [0.25, 0.3) is 0 Å². The molecule has 0 aliphatic rings. The van der Waals surface area contributed by atoms with Gasteiger partial charge in [-0.25, -0.2) is 0 Å². The quantitative estimate of drug-likeness (QED) is 0.186. The Morgan fingerprint density at radius 3 is 1.96 bits per heavy atom. The third-order valence-corrected chi connectivity index (χ3v) is 10.9. The van der Waals surface area contributed by atoms with Crippen LogP contribution in [0.25, 0.3) is 75.1 Å². The average Bonchev–Trinajstić information content (AvgIpc) is 3.74. The molecule has 8 aromatic carbocycles. The third-order valence-electron chi connectivity index (χ3n) is 9.68. The van der Waals surface area contributed by atoms with Crippen LogP contribution in [0, 0.1) is 0 Å². The second kappa shape index (κ2) is 11.2. The van der Waals surface area contributed by atoms with Crippen LogP contribution in [0.15, 0.2) is 180 Å². The Bertz CT molecular complexity index is 2840. The molecule has 0 radical (unpaired) electrons. The predicted molar refractivity (Wildman–Crippen MR) is 210 cm³/mol. The second-order valence-corrected chi connectivity index (χ2v) is 13.5. The number of nitrogens with zero attached hydrogens (tertiary/aromatic N) is 1. The summed E-state index contributed by atoms with van der Waals surface area (Å²) in [6, 6.07) is 63.3. The van der Waals surface area contributed by atoms with Crippen LogP contribution >= 0.6 is 11.3 Å². The molecule has 2 nitrogen and oxygen atoms in total. The van der Waals surface area contributed by atoms with E-state index in [1.165, 1.54) is 42.1 Å². The van der Waals surface area contributed by atoms with Crippen LogP contribution in [-0.4, -0.2) is 0 Å². The molecule has 2 heterocycles. The molecule has 0 fully saturated rings. The molecule has 3 heteroatoms. The molecule has 0 saturated carbocycles. The van der Waals surface area contributed by atoms with Gasteiger partial charge in [0.1, 0.15) is 11.2 Å². The molecule has 0 bridgehead atoms. The number of rotatable bonds is 5. The summed E-state index contributed by atoms with van der Waals surface area (Å²) in [6.45, 7) is 0. The lowest BCUT2D eigenvalue weighted by atomic mass is 9.98. The Balaban J connectivity index is 1.16. The molecular formula is C46H29NOS. The standard InChI is InChI=1S/C46H29NOS/c1-2-13-34-30(11-1)12-9-20-42(34)47(33-26-23-31(24-27-33)36-17-10-18-39-38-16-5-8-22-45(38)49-46(36)39)41-19-6-3-14-35(41)32-25-28-44-40(29-32)37-15-4-7-21-43(37)48-44/h1-29H. The molecular weight excluding hydrogens is 615 g/mol. The Labute approximate surface area is 287 Å². The normalized spacial score (nSPS) is 11.7. The van der Waals surface area contributed by atoms with E-state index in [4.69, 9.17) is 4.42 Å². The molecule has 0 unspecified atom stereocenters. The molecule has 0 aliphatic heterocycles. The van der Waals surface area contributed by atoms with Crippen molar-refractivity contribution in [1.29, 1.82) is 0 Å². The average molecular weight is 644 g/mol. The van der Waals surface area contributed by atoms with E-state index in [2.05, 4.69) is 169 Å². The number of fused-ring (bicyclic) bond motifs is 7. The summed E-state index contributed by atoms with van der Waals surface area (Å²) in [5, 5.41) is 7.31. The molecule has 0 spiro atoms. The fraction of sp³-hybridized carbons (Fsp3) is 0. The highest BCUT2D eigenvalue weighted by Crippen LogP contribution is 2.45. The maximum atomic E-state index is 6.19. The van der Waals surface area contributed by atoms with E-state index >= 15 is 0 Å². The summed E-state index contributed by atoms with van der Waals surface area (Å²) < 4.78 is 8.84. The van der Waals surface area contributed by atoms with Crippen molar-refractivity contribution in [3.63, 3.8) is 0 Å². The fourth-order valence-corrected chi connectivity index (χ4v) is 8.62. The van der Waals surface area contributed by atoms with Crippen LogP contribution in [0.1, 0.15) is 0 Å². The van der Waals surface area contributed by atoms with Crippen molar-refractivity contribution in [2.24, 2.45) is 0 Å². The van der Waals surface area contributed by atoms with Crippen LogP contribution in [0.3, 0.4) is 0 Å². The summed E-state index contributed by atoms with van der Waals surface area (Å²) in [5.74, 6) is 0. The van der Waals surface area contributed by atoms with E-state index in [9.17, 15) is 0 Å². The Kier molecular flexibility index (Phi) is 6.39. The second-order valence-electron chi connectivity index (χ2n) is 12.5. The summed E-state index contributed by atoms with van der Waals surface area (Å²) in [4.78, 5) is 2.42. The van der Waals surface area contributed by atoms with E-state index in [-0.39, 0.29) is 0 Å². The first-order valence-corrected chi connectivity index (χ1v) is 17.4. The van der Waals surface area contributed by atoms with Crippen LogP contribution in [0.5, 0.6) is 0 Å². The van der Waals surface area contributed by atoms with Gasteiger partial charge in [0.2, 0.25) is 0 Å². The zero-order valence-corrected chi connectivity index (χ0v) is 27.3. The number of thiophene rings is 1. The summed E-state index contributed by atoms with van der Waals surface area (Å²) >= 11 is 1.87. The Morgan fingerprint density at radius 1 is 0.408 bits per heavy atom. The summed E-state index contributed by atoms with van der Waals surface area (Å²) in [6.07, 6.45) is 0. The number of furan rings is 1. The lowest BCUT2D eigenvalue weighted by molar-refractivity contribution is 0.669. The van der Waals surface area contributed by atoms with Gasteiger partial charge in [-0.05, 0) is 70.6 Å². The number of hydrogen-bond acceptors (Lipinski definition) is 3. The lowest BCUT2D eigenvalue weighted by Crippen LogP contribution is -2.11. The van der Waals surface area contributed by atoms with Crippen molar-refractivity contribution in [1.82, 2.24) is 0 Å². The lowest BCUT2D eigenvalue weighted by Gasteiger charge is -2.29. The Morgan fingerprint density at radius 2 is 1.04 bits per heavy atom. The van der Waals surface area contributed by atoms with Gasteiger partial charge in [0.15, 0.2) is 0 Å². The number of anilines is 3. The monoisotopic (exact) mass is 643 g/mol. The SMILES string of the molecule is c1ccc(N(c2ccc(-c3cccc4c3sc3ccccc34)cc2)c2cccc3ccccc23)c(-c2ccc3oc4ccccc4c3c2)c1. The fourth-order valence-electron chi connectivity index (χ4n) is 7.38. The molecule has 0 N–H and O–H groups in total. The number of para-hydroxylation sites is 2. The smallest absolute Gasteiger partial charge is 0.135 e. The highest BCUT2D eigenvalue weighted by atomic mass is 32.1. The minimum absolute atomic E-state index is 0.901. The van der Waals surface area contributed by atoms with Gasteiger partial charge < -0.3 is 9.32 Å². The highest BCUT2D eigenvalue weighted by molar-refractivity contribution is 7.26. The largest absolute Gasteiger partial charge is 0.456 e. The van der Waals surface area contributed by atoms with Crippen LogP contribution in [0.2, 0.25) is 0 Å². The summed E-state index contributed by atoms with van der Waals surface area (Å²) in [5.41, 5.74) is 9.95. The van der Waals surface area contributed by atoms with Gasteiger partial charge in [0, 0.05) is 47.6 Å². The van der Waals surface area contributed by atoms with Crippen LogP contribution in [0.4, 0.5) is 17.1 Å². The molecule has 2 aromatic heterocycles. The van der Waals surface area contributed by atoms with E-state index in [1.54, 1.807) is 0 Å². The molecule has 0 atom stereocenters. The number of benzene rings is 8. The number of hydrogen-bond donors (Lipinski definition) is 0. The molecule has 0 saturated heterocycles. The molecule has 230 valence electrons. The first-order chi connectivity index (χ1) is 24.3. The van der Waals surface area contributed by atoms with Crippen LogP contribution < -0.4 is 4.90 Å². The maximum absolute atomic E-state index is 6.19. The molecule has 10 aromatic rings. The minimum Gasteiger partial charge on any atom is -0.456 e. The predicted octanol–water partition coefficient (Wildman–Crippen LogP) is 13.9. The van der Waals surface area contributed by atoms with E-state index in [1.807, 2.05) is 23.5 Å². The zero-order valence-electron chi connectivity index (χ0n) is 26.5. The van der Waals surface area contributed by atoms with Crippen molar-refractivity contribution in [2.45, 2.75) is 0 Å². The van der Waals surface area contributed by atoms with Crippen molar-refractivity contribution in [2.75, 3.05) is 4.90 Å². The first kappa shape index (κ1) is 27.9. The van der Waals surface area contributed by atoms with Crippen molar-refractivity contribution in [3.05, 3.63) is 176 Å². The molecule has 49 heavy (non-hydrogen) atoms. The van der Waals surface area contributed by atoms with Gasteiger partial charge in [-0.2, -0.15) is 0 Å². The Hall–Kier alpha value is -6.16. The first-order valence-electron chi connectivity index (χ1n) is 16.6. The topological polar surface area (TPSA) is 16.4 Å². The van der Waals surface area contributed by atoms with Crippen molar-refractivity contribution < 1.29 is 4.42 Å². The van der Waals surface area contributed by atoms with Crippen molar-refractivity contribution in [3.8, 4) is 22.3 Å². The molecule has 0 aliphatic carbocycles. The van der Waals surface area contributed by atoms with E-state index in [0.717, 1.165) is 50.1 Å². The molecule has 10 rings (SSSR count). The zero-order chi connectivity index (χ0) is 32.3. The highest BCUT2D eigenvalue weighted by Gasteiger charge is 2.20. The molecule has 0 amide bonds. The van der Waals surface area contributed by atoms with Gasteiger partial charge in [-0.15, -0.1) is 11.3 Å². The van der Waals surface area contributed by atoms with Gasteiger partial charge >= 0.3 is 0 Å². The van der Waals surface area contributed by atoms with Gasteiger partial charge in [0.05, 0.1) is 11.4 Å².